The fourth-order valence-electron chi connectivity index (χ4n) is 1.48. The summed E-state index contributed by atoms with van der Waals surface area (Å²) in [5.74, 6) is 0.200. The van der Waals surface area contributed by atoms with E-state index in [9.17, 15) is 8.42 Å². The Morgan fingerprint density at radius 2 is 2.06 bits per heavy atom. The Bertz CT molecular complexity index is 435. The van der Waals surface area contributed by atoms with Crippen molar-refractivity contribution in [1.82, 2.24) is 0 Å². The van der Waals surface area contributed by atoms with Gasteiger partial charge in [-0.15, -0.1) is 0 Å². The quantitative estimate of drug-likeness (QED) is 0.605. The fourth-order valence-corrected chi connectivity index (χ4v) is 2.15. The predicted molar refractivity (Wildman–Crippen MR) is 68.4 cm³/mol. The average molecular weight is 242 g/mol. The van der Waals surface area contributed by atoms with Crippen molar-refractivity contribution in [3.63, 3.8) is 0 Å². The summed E-state index contributed by atoms with van der Waals surface area (Å²) in [6.45, 7) is 2.58. The van der Waals surface area contributed by atoms with Crippen molar-refractivity contribution in [3.8, 4) is 0 Å². The molecule has 0 heterocycles. The lowest BCUT2D eigenvalue weighted by Gasteiger charge is -2.11. The highest BCUT2D eigenvalue weighted by molar-refractivity contribution is 7.90. The van der Waals surface area contributed by atoms with Crippen LogP contribution in [0.25, 0.3) is 0 Å². The van der Waals surface area contributed by atoms with Crippen LogP contribution in [0, 0.1) is 6.92 Å². The molecule has 0 aliphatic heterocycles. The first-order chi connectivity index (χ1) is 7.40. The second-order valence-electron chi connectivity index (χ2n) is 3.95. The number of benzene rings is 1. The molecule has 0 amide bonds. The molecule has 1 aromatic carbocycles. The highest BCUT2D eigenvalue weighted by atomic mass is 32.2. The van der Waals surface area contributed by atoms with Crippen molar-refractivity contribution in [1.29, 1.82) is 0 Å². The zero-order valence-corrected chi connectivity index (χ0v) is 10.5. The van der Waals surface area contributed by atoms with E-state index < -0.39 is 9.84 Å². The monoisotopic (exact) mass is 242 g/mol. The van der Waals surface area contributed by atoms with E-state index >= 15 is 0 Å². The first-order valence-electron chi connectivity index (χ1n) is 5.17. The maximum atomic E-state index is 10.9. The molecule has 90 valence electrons. The third-order valence-corrected chi connectivity index (χ3v) is 3.33. The number of nitrogens with two attached hydrogens (primary N) is 1. The Hall–Kier alpha value is -1.23. The smallest absolute Gasteiger partial charge is 0.147 e. The van der Waals surface area contributed by atoms with Crippen molar-refractivity contribution >= 4 is 21.2 Å². The van der Waals surface area contributed by atoms with Crippen LogP contribution in [-0.2, 0) is 9.84 Å². The standard InChI is InChI=1S/C11H18N2O2S/c1-9-5-3-6-10(12)11(9)13-7-4-8-16(2,14)15/h3,5-6,13H,4,7-8,12H2,1-2H3. The van der Waals surface area contributed by atoms with E-state index in [0.717, 1.165) is 11.3 Å². The molecule has 0 spiro atoms. The molecule has 4 nitrogen and oxygen atoms in total. The van der Waals surface area contributed by atoms with Gasteiger partial charge in [-0.3, -0.25) is 0 Å². The topological polar surface area (TPSA) is 72.2 Å². The zero-order chi connectivity index (χ0) is 12.2. The van der Waals surface area contributed by atoms with Crippen LogP contribution in [0.1, 0.15) is 12.0 Å². The molecule has 0 bridgehead atoms. The number of para-hydroxylation sites is 1. The third kappa shape index (κ3) is 4.10. The number of hydrogen-bond acceptors (Lipinski definition) is 4. The molecule has 5 heteroatoms. The van der Waals surface area contributed by atoms with Crippen molar-refractivity contribution < 1.29 is 8.42 Å². The Morgan fingerprint density at radius 1 is 1.38 bits per heavy atom. The van der Waals surface area contributed by atoms with E-state index in [1.807, 2.05) is 25.1 Å². The average Bonchev–Trinajstić information content (AvgIpc) is 2.14. The summed E-state index contributed by atoms with van der Waals surface area (Å²) in [5.41, 5.74) is 8.47. The second-order valence-corrected chi connectivity index (χ2v) is 6.21. The minimum atomic E-state index is -2.87. The summed E-state index contributed by atoms with van der Waals surface area (Å²) in [7, 11) is -2.87. The summed E-state index contributed by atoms with van der Waals surface area (Å²) in [6, 6.07) is 5.69. The number of rotatable bonds is 5. The number of hydrogen-bond donors (Lipinski definition) is 2. The van der Waals surface area contributed by atoms with E-state index in [0.29, 0.717) is 18.7 Å². The molecule has 0 saturated heterocycles. The Labute approximate surface area is 96.8 Å². The second kappa shape index (κ2) is 5.21. The SMILES string of the molecule is Cc1cccc(N)c1NCCCS(C)(=O)=O. The maximum Gasteiger partial charge on any atom is 0.147 e. The molecular weight excluding hydrogens is 224 g/mol. The molecule has 16 heavy (non-hydrogen) atoms. The number of sulfone groups is 1. The van der Waals surface area contributed by atoms with Crippen LogP contribution in [0.3, 0.4) is 0 Å². The molecule has 0 aromatic heterocycles. The van der Waals surface area contributed by atoms with Crippen LogP contribution in [0.5, 0.6) is 0 Å². The summed E-state index contributed by atoms with van der Waals surface area (Å²) in [6.07, 6.45) is 1.84. The summed E-state index contributed by atoms with van der Waals surface area (Å²) < 4.78 is 21.8. The van der Waals surface area contributed by atoms with Gasteiger partial charge in [-0.05, 0) is 25.0 Å². The van der Waals surface area contributed by atoms with Gasteiger partial charge in [-0.2, -0.15) is 0 Å². The van der Waals surface area contributed by atoms with E-state index in [-0.39, 0.29) is 5.75 Å². The van der Waals surface area contributed by atoms with Crippen LogP contribution in [0.2, 0.25) is 0 Å². The zero-order valence-electron chi connectivity index (χ0n) is 9.66. The van der Waals surface area contributed by atoms with Crippen molar-refractivity contribution in [2.75, 3.05) is 29.6 Å². The van der Waals surface area contributed by atoms with E-state index in [1.165, 1.54) is 6.26 Å². The van der Waals surface area contributed by atoms with Gasteiger partial charge < -0.3 is 11.1 Å². The van der Waals surface area contributed by atoms with Gasteiger partial charge in [0, 0.05) is 12.8 Å². The Balaban J connectivity index is 2.49. The fraction of sp³-hybridized carbons (Fsp3) is 0.455. The van der Waals surface area contributed by atoms with Crippen molar-refractivity contribution in [2.45, 2.75) is 13.3 Å². The van der Waals surface area contributed by atoms with Gasteiger partial charge in [-0.1, -0.05) is 12.1 Å². The van der Waals surface area contributed by atoms with Gasteiger partial charge in [-0.25, -0.2) is 8.42 Å². The number of anilines is 2. The summed E-state index contributed by atoms with van der Waals surface area (Å²) in [4.78, 5) is 0. The van der Waals surface area contributed by atoms with Crippen molar-refractivity contribution in [2.24, 2.45) is 0 Å². The van der Waals surface area contributed by atoms with Gasteiger partial charge in [0.15, 0.2) is 0 Å². The van der Waals surface area contributed by atoms with Crippen molar-refractivity contribution in [3.05, 3.63) is 23.8 Å². The molecule has 0 atom stereocenters. The first-order valence-corrected chi connectivity index (χ1v) is 7.23. The highest BCUT2D eigenvalue weighted by Gasteiger charge is 2.03. The molecule has 1 rings (SSSR count). The van der Waals surface area contributed by atoms with Gasteiger partial charge in [0.25, 0.3) is 0 Å². The number of aryl methyl sites for hydroxylation is 1. The van der Waals surface area contributed by atoms with Gasteiger partial charge in [0.2, 0.25) is 0 Å². The van der Waals surface area contributed by atoms with Crippen LogP contribution in [-0.4, -0.2) is 27.0 Å². The molecule has 1 aromatic rings. The molecule has 0 unspecified atom stereocenters. The minimum absolute atomic E-state index is 0.200. The van der Waals surface area contributed by atoms with Gasteiger partial charge in [0.05, 0.1) is 17.1 Å². The third-order valence-electron chi connectivity index (χ3n) is 2.30. The van der Waals surface area contributed by atoms with Crippen LogP contribution < -0.4 is 11.1 Å². The number of nitrogen functional groups attached to an aromatic ring is 1. The van der Waals surface area contributed by atoms with Gasteiger partial charge in [0.1, 0.15) is 9.84 Å². The molecule has 0 fully saturated rings. The number of nitrogens with one attached hydrogen (secondary N) is 1. The van der Waals surface area contributed by atoms with Crippen LogP contribution in [0.4, 0.5) is 11.4 Å². The van der Waals surface area contributed by atoms with Gasteiger partial charge >= 0.3 is 0 Å². The van der Waals surface area contributed by atoms with Crippen LogP contribution in [0.15, 0.2) is 18.2 Å². The Kier molecular flexibility index (Phi) is 4.18. The molecule has 0 saturated carbocycles. The normalized spacial score (nSPS) is 11.4. The molecule has 0 aliphatic rings. The maximum absolute atomic E-state index is 10.9. The van der Waals surface area contributed by atoms with E-state index in [1.54, 1.807) is 0 Å². The van der Waals surface area contributed by atoms with Crippen LogP contribution >= 0.6 is 0 Å². The summed E-state index contributed by atoms with van der Waals surface area (Å²) in [5, 5.41) is 3.16. The molecular formula is C11H18N2O2S. The molecule has 0 aliphatic carbocycles. The molecule has 3 N–H and O–H groups in total. The Morgan fingerprint density at radius 3 is 2.62 bits per heavy atom. The highest BCUT2D eigenvalue weighted by Crippen LogP contribution is 2.22. The predicted octanol–water partition coefficient (Wildman–Crippen LogP) is 1.42. The van der Waals surface area contributed by atoms with E-state index in [2.05, 4.69) is 5.32 Å². The summed E-state index contributed by atoms with van der Waals surface area (Å²) >= 11 is 0. The largest absolute Gasteiger partial charge is 0.397 e. The van der Waals surface area contributed by atoms with E-state index in [4.69, 9.17) is 5.73 Å². The lowest BCUT2D eigenvalue weighted by atomic mass is 10.1. The lowest BCUT2D eigenvalue weighted by Crippen LogP contribution is -2.11. The minimum Gasteiger partial charge on any atom is -0.397 e. The first kappa shape index (κ1) is 12.8. The molecule has 0 radical (unpaired) electrons. The lowest BCUT2D eigenvalue weighted by molar-refractivity contribution is 0.600.